The normalized spacial score (nSPS) is 21.9. The topological polar surface area (TPSA) is 91.6 Å². The van der Waals surface area contributed by atoms with E-state index < -0.39 is 10.0 Å². The van der Waals surface area contributed by atoms with Gasteiger partial charge in [0.15, 0.2) is 0 Å². The second-order valence-electron chi connectivity index (χ2n) is 5.56. The Morgan fingerprint density at radius 1 is 1.52 bits per heavy atom. The molecule has 118 valence electrons. The Morgan fingerprint density at radius 3 is 2.67 bits per heavy atom. The zero-order valence-corrected chi connectivity index (χ0v) is 13.2. The van der Waals surface area contributed by atoms with Gasteiger partial charge in [0.1, 0.15) is 10.6 Å². The summed E-state index contributed by atoms with van der Waals surface area (Å²) >= 11 is 0. The molecule has 1 fully saturated rings. The number of aryl methyl sites for hydroxylation is 1. The number of amides is 1. The zero-order valence-electron chi connectivity index (χ0n) is 12.4. The van der Waals surface area contributed by atoms with Gasteiger partial charge in [0.05, 0.1) is 6.10 Å². The highest BCUT2D eigenvalue weighted by Crippen LogP contribution is 2.28. The summed E-state index contributed by atoms with van der Waals surface area (Å²) in [7, 11) is 1.10. The summed E-state index contributed by atoms with van der Waals surface area (Å²) in [5.41, 5.74) is 0.325. The number of rotatable bonds is 5. The monoisotopic (exact) mass is 315 g/mol. The van der Waals surface area contributed by atoms with Crippen molar-refractivity contribution < 1.29 is 18.3 Å². The van der Waals surface area contributed by atoms with E-state index in [2.05, 4.69) is 4.72 Å². The van der Waals surface area contributed by atoms with E-state index >= 15 is 0 Å². The number of sulfonamides is 1. The van der Waals surface area contributed by atoms with Gasteiger partial charge in [-0.1, -0.05) is 0 Å². The Kier molecular flexibility index (Phi) is 4.40. The lowest BCUT2D eigenvalue weighted by molar-refractivity contribution is 0.0263. The number of nitrogens with one attached hydrogen (secondary N) is 1. The van der Waals surface area contributed by atoms with Crippen molar-refractivity contribution >= 4 is 15.9 Å². The molecule has 1 aromatic rings. The van der Waals surface area contributed by atoms with E-state index in [1.54, 1.807) is 19.0 Å². The molecule has 0 atom stereocenters. The smallest absolute Gasteiger partial charge is 0.270 e. The maximum absolute atomic E-state index is 12.4. The first-order valence-electron chi connectivity index (χ1n) is 6.78. The summed E-state index contributed by atoms with van der Waals surface area (Å²) in [4.78, 5) is 14.0. The highest BCUT2D eigenvalue weighted by molar-refractivity contribution is 7.89. The number of carbonyl (C=O) groups is 1. The molecule has 2 N–H and O–H groups in total. The number of carbonyl (C=O) groups excluding carboxylic acids is 1. The largest absolute Gasteiger partial charge is 0.393 e. The minimum atomic E-state index is -3.56. The van der Waals surface area contributed by atoms with Gasteiger partial charge >= 0.3 is 0 Å². The average molecular weight is 315 g/mol. The second kappa shape index (κ2) is 5.78. The number of hydrogen-bond donors (Lipinski definition) is 2. The number of nitrogens with zero attached hydrogens (tertiary/aromatic N) is 2. The van der Waals surface area contributed by atoms with Gasteiger partial charge in [0, 0.05) is 26.8 Å². The first-order valence-corrected chi connectivity index (χ1v) is 8.26. The van der Waals surface area contributed by atoms with Gasteiger partial charge in [-0.15, -0.1) is 0 Å². The summed E-state index contributed by atoms with van der Waals surface area (Å²) < 4.78 is 27.2. The van der Waals surface area contributed by atoms with Crippen molar-refractivity contribution in [2.75, 3.05) is 20.6 Å². The Balaban J connectivity index is 2.12. The van der Waals surface area contributed by atoms with Crippen molar-refractivity contribution in [1.82, 2.24) is 14.2 Å². The van der Waals surface area contributed by atoms with Crippen LogP contribution in [0.2, 0.25) is 0 Å². The fourth-order valence-corrected chi connectivity index (χ4v) is 3.33. The van der Waals surface area contributed by atoms with Crippen LogP contribution in [0.3, 0.4) is 0 Å². The van der Waals surface area contributed by atoms with Gasteiger partial charge in [0.2, 0.25) is 10.0 Å². The molecule has 1 saturated carbocycles. The van der Waals surface area contributed by atoms with Crippen LogP contribution in [-0.4, -0.2) is 55.6 Å². The molecule has 2 rings (SSSR count). The average Bonchev–Trinajstić information content (AvgIpc) is 2.78. The maximum Gasteiger partial charge on any atom is 0.270 e. The lowest BCUT2D eigenvalue weighted by atomic mass is 9.82. The molecule has 0 saturated heterocycles. The highest BCUT2D eigenvalue weighted by Gasteiger charge is 2.30. The van der Waals surface area contributed by atoms with Crippen LogP contribution in [-0.2, 0) is 17.1 Å². The van der Waals surface area contributed by atoms with E-state index in [-0.39, 0.29) is 16.9 Å². The Hall–Kier alpha value is -1.38. The minimum absolute atomic E-state index is 0.0725. The number of aliphatic hydroxyl groups is 1. The molecule has 1 aliphatic rings. The van der Waals surface area contributed by atoms with Crippen LogP contribution in [0.25, 0.3) is 0 Å². The summed E-state index contributed by atoms with van der Waals surface area (Å²) in [6.07, 6.45) is 2.59. The number of hydrogen-bond acceptors (Lipinski definition) is 4. The molecule has 0 aromatic carbocycles. The third-order valence-electron chi connectivity index (χ3n) is 3.87. The van der Waals surface area contributed by atoms with E-state index in [0.717, 1.165) is 0 Å². The van der Waals surface area contributed by atoms with Gasteiger partial charge in [0.25, 0.3) is 5.91 Å². The number of aromatic nitrogens is 1. The summed E-state index contributed by atoms with van der Waals surface area (Å²) in [6, 6.07) is 1.38. The minimum Gasteiger partial charge on any atom is -0.393 e. The first-order chi connectivity index (χ1) is 9.74. The molecule has 0 bridgehead atoms. The van der Waals surface area contributed by atoms with Crippen LogP contribution < -0.4 is 4.72 Å². The van der Waals surface area contributed by atoms with Crippen LogP contribution in [0.1, 0.15) is 23.3 Å². The molecule has 1 amide bonds. The van der Waals surface area contributed by atoms with Gasteiger partial charge in [-0.05, 0) is 31.9 Å². The van der Waals surface area contributed by atoms with Gasteiger partial charge < -0.3 is 14.6 Å². The standard InChI is InChI=1S/C13H21N3O4S/c1-14-21(19,20)11-6-12(15(2)8-11)13(18)16(3)7-9-4-10(17)5-9/h6,8-10,14,17H,4-5,7H2,1-3H3. The molecule has 7 nitrogen and oxygen atoms in total. The predicted octanol–water partition coefficient (Wildman–Crippen LogP) is -0.224. The fraction of sp³-hybridized carbons (Fsp3) is 0.615. The fourth-order valence-electron chi connectivity index (χ4n) is 2.53. The molecule has 1 aromatic heterocycles. The third kappa shape index (κ3) is 3.28. The predicted molar refractivity (Wildman–Crippen MR) is 77.3 cm³/mol. The molecule has 21 heavy (non-hydrogen) atoms. The van der Waals surface area contributed by atoms with E-state index in [1.807, 2.05) is 0 Å². The molecule has 0 radical (unpaired) electrons. The van der Waals surface area contributed by atoms with Crippen molar-refractivity contribution in [2.45, 2.75) is 23.8 Å². The Labute approximate surface area is 124 Å². The second-order valence-corrected chi connectivity index (χ2v) is 7.44. The molecule has 0 aliphatic heterocycles. The summed E-state index contributed by atoms with van der Waals surface area (Å²) in [5, 5.41) is 9.27. The molecular formula is C13H21N3O4S. The lowest BCUT2D eigenvalue weighted by Crippen LogP contribution is -2.40. The molecular weight excluding hydrogens is 294 g/mol. The first kappa shape index (κ1) is 16.0. The molecule has 0 spiro atoms. The summed E-state index contributed by atoms with van der Waals surface area (Å²) in [6.45, 7) is 0.565. The maximum atomic E-state index is 12.4. The van der Waals surface area contributed by atoms with Crippen LogP contribution in [0, 0.1) is 5.92 Å². The third-order valence-corrected chi connectivity index (χ3v) is 5.25. The molecule has 0 unspecified atom stereocenters. The van der Waals surface area contributed by atoms with Crippen LogP contribution >= 0.6 is 0 Å². The molecule has 8 heteroatoms. The summed E-state index contributed by atoms with van der Waals surface area (Å²) in [5.74, 6) is 0.0890. The van der Waals surface area contributed by atoms with E-state index in [1.165, 1.54) is 23.9 Å². The van der Waals surface area contributed by atoms with Crippen molar-refractivity contribution in [1.29, 1.82) is 0 Å². The van der Waals surface area contributed by atoms with Crippen LogP contribution in [0.5, 0.6) is 0 Å². The van der Waals surface area contributed by atoms with Gasteiger partial charge in [-0.25, -0.2) is 13.1 Å². The van der Waals surface area contributed by atoms with Crippen molar-refractivity contribution in [3.63, 3.8) is 0 Å². The van der Waals surface area contributed by atoms with Crippen LogP contribution in [0.4, 0.5) is 0 Å². The van der Waals surface area contributed by atoms with Crippen LogP contribution in [0.15, 0.2) is 17.2 Å². The van der Waals surface area contributed by atoms with Gasteiger partial charge in [-0.3, -0.25) is 4.79 Å². The van der Waals surface area contributed by atoms with E-state index in [0.29, 0.717) is 31.0 Å². The Morgan fingerprint density at radius 2 is 2.14 bits per heavy atom. The van der Waals surface area contributed by atoms with Crippen molar-refractivity contribution in [3.8, 4) is 0 Å². The molecule has 1 aliphatic carbocycles. The van der Waals surface area contributed by atoms with E-state index in [4.69, 9.17) is 0 Å². The van der Waals surface area contributed by atoms with Crippen molar-refractivity contribution in [2.24, 2.45) is 13.0 Å². The lowest BCUT2D eigenvalue weighted by Gasteiger charge is -2.34. The Bertz CT molecular complexity index is 632. The zero-order chi connectivity index (χ0) is 15.8. The number of aliphatic hydroxyl groups excluding tert-OH is 1. The molecule has 1 heterocycles. The van der Waals surface area contributed by atoms with Crippen molar-refractivity contribution in [3.05, 3.63) is 18.0 Å². The van der Waals surface area contributed by atoms with E-state index in [9.17, 15) is 18.3 Å². The highest BCUT2D eigenvalue weighted by atomic mass is 32.2. The SMILES string of the molecule is CNS(=O)(=O)c1cc(C(=O)N(C)CC2CC(O)C2)n(C)c1. The quantitative estimate of drug-likeness (QED) is 0.785. The van der Waals surface area contributed by atoms with Gasteiger partial charge in [-0.2, -0.15) is 0 Å².